The number of nitrogens with two attached hydrogens (primary N) is 2. The number of hydrogen-bond acceptors (Lipinski definition) is 4. The molecule has 0 radical (unpaired) electrons. The molecule has 2 aromatic rings. The molecule has 0 aliphatic heterocycles. The van der Waals surface area contributed by atoms with Gasteiger partial charge >= 0.3 is 0 Å². The fourth-order valence-corrected chi connectivity index (χ4v) is 2.29. The van der Waals surface area contributed by atoms with Crippen molar-refractivity contribution in [2.75, 3.05) is 23.8 Å². The Labute approximate surface area is 150 Å². The van der Waals surface area contributed by atoms with Crippen LogP contribution >= 0.6 is 0 Å². The number of nitrogens with zero attached hydrogens (tertiary/aromatic N) is 2. The van der Waals surface area contributed by atoms with Crippen molar-refractivity contribution >= 4 is 35.2 Å². The standard InChI is InChI=1S/C18H20FN5O2/c1-24(18(26)12-2-4-13(19)5-3-12)14-6-7-15(16(10-14)23-11-20)22-9-8-17(21)25/h2-7,10-11,22H,8-9H2,1H3,(H2,20,23)(H2,21,25). The maximum Gasteiger partial charge on any atom is 0.258 e. The quantitative estimate of drug-likeness (QED) is 0.519. The highest BCUT2D eigenvalue weighted by Crippen LogP contribution is 2.30. The van der Waals surface area contributed by atoms with Gasteiger partial charge in [0.1, 0.15) is 5.82 Å². The largest absolute Gasteiger partial charge is 0.390 e. The molecule has 0 unspecified atom stereocenters. The van der Waals surface area contributed by atoms with Crippen LogP contribution in [-0.2, 0) is 4.79 Å². The number of anilines is 2. The number of halogens is 1. The van der Waals surface area contributed by atoms with Crippen LogP contribution in [0.3, 0.4) is 0 Å². The van der Waals surface area contributed by atoms with Crippen LogP contribution in [0.5, 0.6) is 0 Å². The number of rotatable bonds is 7. The van der Waals surface area contributed by atoms with E-state index in [1.54, 1.807) is 25.2 Å². The van der Waals surface area contributed by atoms with Gasteiger partial charge in [-0.25, -0.2) is 9.38 Å². The van der Waals surface area contributed by atoms with E-state index in [1.807, 2.05) is 0 Å². The van der Waals surface area contributed by atoms with Crippen molar-refractivity contribution in [2.45, 2.75) is 6.42 Å². The van der Waals surface area contributed by atoms with Crippen LogP contribution in [0.4, 0.5) is 21.5 Å². The van der Waals surface area contributed by atoms with Crippen LogP contribution in [-0.4, -0.2) is 31.7 Å². The van der Waals surface area contributed by atoms with E-state index in [0.29, 0.717) is 29.2 Å². The fraction of sp³-hybridized carbons (Fsp3) is 0.167. The lowest BCUT2D eigenvalue weighted by Gasteiger charge is -2.19. The molecule has 2 rings (SSSR count). The summed E-state index contributed by atoms with van der Waals surface area (Å²) in [7, 11) is 1.61. The van der Waals surface area contributed by atoms with Crippen molar-refractivity contribution < 1.29 is 14.0 Å². The first-order valence-corrected chi connectivity index (χ1v) is 7.86. The van der Waals surface area contributed by atoms with Crippen molar-refractivity contribution in [2.24, 2.45) is 16.5 Å². The average molecular weight is 357 g/mol. The minimum Gasteiger partial charge on any atom is -0.390 e. The zero-order valence-electron chi connectivity index (χ0n) is 14.3. The molecule has 136 valence electrons. The van der Waals surface area contributed by atoms with Gasteiger partial charge in [0.15, 0.2) is 0 Å². The Bertz CT molecular complexity index is 821. The Balaban J connectivity index is 2.22. The second-order valence-corrected chi connectivity index (χ2v) is 5.49. The number of hydrogen-bond donors (Lipinski definition) is 3. The summed E-state index contributed by atoms with van der Waals surface area (Å²) in [6, 6.07) is 10.4. The van der Waals surface area contributed by atoms with Crippen LogP contribution < -0.4 is 21.7 Å². The molecule has 26 heavy (non-hydrogen) atoms. The van der Waals surface area contributed by atoms with Crippen LogP contribution in [0.2, 0.25) is 0 Å². The molecule has 0 atom stereocenters. The minimum atomic E-state index is -0.414. The first-order valence-electron chi connectivity index (χ1n) is 7.86. The zero-order valence-corrected chi connectivity index (χ0v) is 14.3. The van der Waals surface area contributed by atoms with Gasteiger partial charge in [0.25, 0.3) is 5.91 Å². The Kier molecular flexibility index (Phi) is 6.26. The molecular weight excluding hydrogens is 337 g/mol. The van der Waals surface area contributed by atoms with Crippen molar-refractivity contribution in [1.29, 1.82) is 0 Å². The normalized spacial score (nSPS) is 10.7. The predicted octanol–water partition coefficient (Wildman–Crippen LogP) is 2.01. The molecule has 2 aromatic carbocycles. The number of primary amides is 1. The van der Waals surface area contributed by atoms with Gasteiger partial charge in [-0.1, -0.05) is 0 Å². The number of amides is 2. The Morgan fingerprint density at radius 2 is 1.92 bits per heavy atom. The summed E-state index contributed by atoms with van der Waals surface area (Å²) in [4.78, 5) is 28.9. The summed E-state index contributed by atoms with van der Waals surface area (Å²) in [5.41, 5.74) is 12.6. The van der Waals surface area contributed by atoms with Gasteiger partial charge < -0.3 is 21.7 Å². The van der Waals surface area contributed by atoms with E-state index < -0.39 is 11.7 Å². The second kappa shape index (κ2) is 8.61. The molecule has 0 aliphatic rings. The van der Waals surface area contributed by atoms with Crippen LogP contribution in [0, 0.1) is 5.82 Å². The number of nitrogens with one attached hydrogen (secondary N) is 1. The van der Waals surface area contributed by atoms with E-state index >= 15 is 0 Å². The summed E-state index contributed by atoms with van der Waals surface area (Å²) in [6.45, 7) is 0.353. The molecule has 0 saturated heterocycles. The molecule has 0 saturated carbocycles. The van der Waals surface area contributed by atoms with Gasteiger partial charge in [-0.2, -0.15) is 0 Å². The second-order valence-electron chi connectivity index (χ2n) is 5.49. The summed E-state index contributed by atoms with van der Waals surface area (Å²) in [5.74, 6) is -1.11. The third-order valence-electron chi connectivity index (χ3n) is 3.66. The van der Waals surface area contributed by atoms with Gasteiger partial charge in [0.2, 0.25) is 5.91 Å². The van der Waals surface area contributed by atoms with Crippen molar-refractivity contribution in [3.63, 3.8) is 0 Å². The third kappa shape index (κ3) is 4.79. The molecule has 0 spiro atoms. The minimum absolute atomic E-state index is 0.177. The smallest absolute Gasteiger partial charge is 0.258 e. The topological polar surface area (TPSA) is 114 Å². The Morgan fingerprint density at radius 1 is 1.23 bits per heavy atom. The first kappa shape index (κ1) is 18.9. The van der Waals surface area contributed by atoms with Crippen LogP contribution in [0.25, 0.3) is 0 Å². The lowest BCUT2D eigenvalue weighted by Crippen LogP contribution is -2.26. The van der Waals surface area contributed by atoms with E-state index in [9.17, 15) is 14.0 Å². The summed E-state index contributed by atoms with van der Waals surface area (Å²) in [6.07, 6.45) is 1.32. The monoisotopic (exact) mass is 357 g/mol. The average Bonchev–Trinajstić information content (AvgIpc) is 2.62. The number of carbonyl (C=O) groups excluding carboxylic acids is 2. The van der Waals surface area contributed by atoms with Crippen molar-refractivity contribution in [3.05, 3.63) is 53.8 Å². The van der Waals surface area contributed by atoms with Gasteiger partial charge in [0.05, 0.1) is 17.7 Å². The number of aliphatic imine (C=N–C) groups is 1. The molecule has 0 heterocycles. The molecule has 0 fully saturated rings. The first-order chi connectivity index (χ1) is 12.4. The SMILES string of the molecule is CN(C(=O)c1ccc(F)cc1)c1ccc(NCCC(N)=O)c(N=CN)c1. The Morgan fingerprint density at radius 3 is 2.54 bits per heavy atom. The van der Waals surface area contributed by atoms with Crippen LogP contribution in [0.15, 0.2) is 47.5 Å². The van der Waals surface area contributed by atoms with E-state index in [2.05, 4.69) is 10.3 Å². The molecule has 0 bridgehead atoms. The van der Waals surface area contributed by atoms with Gasteiger partial charge in [-0.05, 0) is 42.5 Å². The highest BCUT2D eigenvalue weighted by molar-refractivity contribution is 6.06. The lowest BCUT2D eigenvalue weighted by molar-refractivity contribution is -0.117. The van der Waals surface area contributed by atoms with Crippen LogP contribution in [0.1, 0.15) is 16.8 Å². The maximum atomic E-state index is 13.0. The Hall–Kier alpha value is -3.42. The van der Waals surface area contributed by atoms with Gasteiger partial charge in [0, 0.05) is 31.3 Å². The molecule has 5 N–H and O–H groups in total. The number of benzene rings is 2. The van der Waals surface area contributed by atoms with E-state index in [4.69, 9.17) is 11.5 Å². The number of carbonyl (C=O) groups is 2. The molecule has 8 heteroatoms. The molecular formula is C18H20FN5O2. The highest BCUT2D eigenvalue weighted by atomic mass is 19.1. The predicted molar refractivity (Wildman–Crippen MR) is 100 cm³/mol. The fourth-order valence-electron chi connectivity index (χ4n) is 2.29. The van der Waals surface area contributed by atoms with E-state index in [0.717, 1.165) is 6.34 Å². The highest BCUT2D eigenvalue weighted by Gasteiger charge is 2.15. The van der Waals surface area contributed by atoms with E-state index in [1.165, 1.54) is 29.2 Å². The molecule has 0 aromatic heterocycles. The molecule has 0 aliphatic carbocycles. The molecule has 7 nitrogen and oxygen atoms in total. The summed E-state index contributed by atoms with van der Waals surface area (Å²) >= 11 is 0. The zero-order chi connectivity index (χ0) is 19.1. The van der Waals surface area contributed by atoms with E-state index in [-0.39, 0.29) is 12.3 Å². The van der Waals surface area contributed by atoms with Gasteiger partial charge in [-0.3, -0.25) is 9.59 Å². The molecule has 2 amide bonds. The maximum absolute atomic E-state index is 13.0. The summed E-state index contributed by atoms with van der Waals surface area (Å²) in [5, 5.41) is 3.05. The summed E-state index contributed by atoms with van der Waals surface area (Å²) < 4.78 is 13.0. The lowest BCUT2D eigenvalue weighted by atomic mass is 10.1. The van der Waals surface area contributed by atoms with Crippen molar-refractivity contribution in [3.8, 4) is 0 Å². The van der Waals surface area contributed by atoms with Gasteiger partial charge in [-0.15, -0.1) is 0 Å². The third-order valence-corrected chi connectivity index (χ3v) is 3.66. The van der Waals surface area contributed by atoms with Crippen molar-refractivity contribution in [1.82, 2.24) is 0 Å².